The number of para-hydroxylation sites is 1. The van der Waals surface area contributed by atoms with Crippen molar-refractivity contribution < 1.29 is 14.3 Å². The van der Waals surface area contributed by atoms with E-state index in [0.29, 0.717) is 24.4 Å². The highest BCUT2D eigenvalue weighted by Crippen LogP contribution is 2.60. The number of fused-ring (bicyclic) bond motifs is 1. The topological polar surface area (TPSA) is 67.4 Å². The van der Waals surface area contributed by atoms with Gasteiger partial charge in [-0.2, -0.15) is 0 Å². The molecule has 30 heavy (non-hydrogen) atoms. The monoisotopic (exact) mass is 410 g/mol. The molecule has 1 aromatic rings. The summed E-state index contributed by atoms with van der Waals surface area (Å²) in [6, 6.07) is 7.31. The van der Waals surface area contributed by atoms with E-state index in [1.807, 2.05) is 38.1 Å². The van der Waals surface area contributed by atoms with Gasteiger partial charge in [-0.15, -0.1) is 0 Å². The summed E-state index contributed by atoms with van der Waals surface area (Å²) in [6.07, 6.45) is 7.73. The zero-order valence-corrected chi connectivity index (χ0v) is 18.2. The minimum absolute atomic E-state index is 0.0398. The lowest BCUT2D eigenvalue weighted by atomic mass is 9.49. The molecule has 0 spiro atoms. The minimum Gasteiger partial charge on any atom is -0.493 e. The molecule has 162 valence electrons. The van der Waals surface area contributed by atoms with Gasteiger partial charge >= 0.3 is 0 Å². The highest BCUT2D eigenvalue weighted by Gasteiger charge is 2.55. The summed E-state index contributed by atoms with van der Waals surface area (Å²) in [6.45, 7) is 4.62. The van der Waals surface area contributed by atoms with Crippen molar-refractivity contribution in [1.29, 1.82) is 0 Å². The molecule has 1 heterocycles. The summed E-state index contributed by atoms with van der Waals surface area (Å²) in [4.78, 5) is 26.8. The van der Waals surface area contributed by atoms with E-state index in [0.717, 1.165) is 37.0 Å². The molecule has 5 nitrogen and oxygen atoms in total. The van der Waals surface area contributed by atoms with Crippen molar-refractivity contribution in [3.63, 3.8) is 0 Å². The highest BCUT2D eigenvalue weighted by molar-refractivity contribution is 5.90. The zero-order valence-electron chi connectivity index (χ0n) is 18.2. The van der Waals surface area contributed by atoms with Gasteiger partial charge in [0.05, 0.1) is 12.6 Å². The van der Waals surface area contributed by atoms with Gasteiger partial charge in [0.2, 0.25) is 11.8 Å². The molecule has 1 aromatic carbocycles. The van der Waals surface area contributed by atoms with Crippen molar-refractivity contribution in [3.05, 3.63) is 29.8 Å². The Balaban J connectivity index is 1.29. The molecule has 4 saturated carbocycles. The van der Waals surface area contributed by atoms with Crippen molar-refractivity contribution in [3.8, 4) is 5.75 Å². The predicted molar refractivity (Wildman–Crippen MR) is 115 cm³/mol. The largest absolute Gasteiger partial charge is 0.493 e. The molecule has 1 aliphatic heterocycles. The van der Waals surface area contributed by atoms with Crippen molar-refractivity contribution in [2.75, 3.05) is 6.61 Å². The number of amides is 2. The molecule has 4 bridgehead atoms. The van der Waals surface area contributed by atoms with Gasteiger partial charge in [0.1, 0.15) is 11.8 Å². The number of nitrogens with one attached hydrogen (secondary N) is 2. The number of ether oxygens (including phenoxy) is 1. The maximum atomic E-state index is 13.5. The molecule has 0 aromatic heterocycles. The summed E-state index contributed by atoms with van der Waals surface area (Å²) in [7, 11) is 0. The van der Waals surface area contributed by atoms with Crippen molar-refractivity contribution in [1.82, 2.24) is 10.6 Å². The Morgan fingerprint density at radius 3 is 2.30 bits per heavy atom. The van der Waals surface area contributed by atoms with Gasteiger partial charge in [0.15, 0.2) is 0 Å². The fraction of sp³-hybridized carbons (Fsp3) is 0.680. The van der Waals surface area contributed by atoms with Crippen LogP contribution in [0, 0.1) is 29.1 Å². The molecular formula is C25H34N2O3. The Morgan fingerprint density at radius 1 is 1.03 bits per heavy atom. The van der Waals surface area contributed by atoms with Gasteiger partial charge in [-0.3, -0.25) is 9.59 Å². The van der Waals surface area contributed by atoms with Gasteiger partial charge in [0.25, 0.3) is 0 Å². The fourth-order valence-electron chi connectivity index (χ4n) is 6.97. The van der Waals surface area contributed by atoms with Gasteiger partial charge in [0, 0.05) is 17.4 Å². The van der Waals surface area contributed by atoms with Crippen LogP contribution in [-0.4, -0.2) is 24.5 Å². The van der Waals surface area contributed by atoms with Crippen LogP contribution in [0.5, 0.6) is 5.75 Å². The summed E-state index contributed by atoms with van der Waals surface area (Å²) < 4.78 is 5.72. The molecule has 6 rings (SSSR count). The van der Waals surface area contributed by atoms with Gasteiger partial charge in [-0.25, -0.2) is 0 Å². The van der Waals surface area contributed by atoms with E-state index < -0.39 is 6.04 Å². The van der Waals surface area contributed by atoms with E-state index in [4.69, 9.17) is 4.74 Å². The quantitative estimate of drug-likeness (QED) is 0.771. The van der Waals surface area contributed by atoms with E-state index in [-0.39, 0.29) is 29.2 Å². The lowest BCUT2D eigenvalue weighted by Crippen LogP contribution is -2.58. The third-order valence-corrected chi connectivity index (χ3v) is 8.03. The average molecular weight is 411 g/mol. The summed E-state index contributed by atoms with van der Waals surface area (Å²) >= 11 is 0. The predicted octanol–water partition coefficient (Wildman–Crippen LogP) is 3.98. The maximum Gasteiger partial charge on any atom is 0.243 e. The number of rotatable bonds is 5. The molecule has 5 heteroatoms. The lowest BCUT2D eigenvalue weighted by molar-refractivity contribution is -0.149. The first-order valence-electron chi connectivity index (χ1n) is 11.8. The third kappa shape index (κ3) is 3.50. The smallest absolute Gasteiger partial charge is 0.243 e. The average Bonchev–Trinajstić information content (AvgIpc) is 2.70. The van der Waals surface area contributed by atoms with Crippen LogP contribution in [0.3, 0.4) is 0 Å². The number of carbonyl (C=O) groups excluding carboxylic acids is 2. The molecule has 4 aliphatic carbocycles. The number of hydrogen-bond acceptors (Lipinski definition) is 3. The zero-order chi connectivity index (χ0) is 20.9. The van der Waals surface area contributed by atoms with Crippen LogP contribution in [0.15, 0.2) is 24.3 Å². The van der Waals surface area contributed by atoms with Crippen molar-refractivity contribution >= 4 is 11.8 Å². The van der Waals surface area contributed by atoms with Gasteiger partial charge < -0.3 is 15.4 Å². The van der Waals surface area contributed by atoms with Crippen LogP contribution in [0.1, 0.15) is 70.4 Å². The third-order valence-electron chi connectivity index (χ3n) is 8.03. The van der Waals surface area contributed by atoms with Crippen LogP contribution in [0.2, 0.25) is 0 Å². The van der Waals surface area contributed by atoms with Crippen LogP contribution in [0.4, 0.5) is 0 Å². The number of carbonyl (C=O) groups is 2. The normalized spacial score (nSPS) is 34.8. The molecule has 5 aliphatic rings. The Labute approximate surface area is 179 Å². The first-order valence-corrected chi connectivity index (χ1v) is 11.8. The van der Waals surface area contributed by atoms with Crippen molar-refractivity contribution in [2.24, 2.45) is 29.1 Å². The van der Waals surface area contributed by atoms with Gasteiger partial charge in [-0.1, -0.05) is 32.0 Å². The Morgan fingerprint density at radius 2 is 1.67 bits per heavy atom. The summed E-state index contributed by atoms with van der Waals surface area (Å²) in [5.41, 5.74) is 0.792. The number of benzene rings is 1. The second-order valence-corrected chi connectivity index (χ2v) is 10.6. The lowest BCUT2D eigenvalue weighted by Gasteiger charge is -2.55. The maximum absolute atomic E-state index is 13.5. The van der Waals surface area contributed by atoms with Gasteiger partial charge in [-0.05, 0) is 68.3 Å². The molecule has 4 fully saturated rings. The fourth-order valence-corrected chi connectivity index (χ4v) is 6.97. The van der Waals surface area contributed by atoms with E-state index in [1.165, 1.54) is 19.3 Å². The standard InChI is InChI=1S/C25H34N2O3/c1-15(2)22(23(28)26-20-7-8-30-21-6-4-3-5-19(20)21)27-24(29)25-12-16-9-17(13-25)11-18(10-16)14-25/h3-6,15-18,20,22H,7-14H2,1-2H3,(H,26,28)(H,27,29)/t16?,17?,18?,20-,22-,25?/m1/s1. The SMILES string of the molecule is CC(C)[C@@H](NC(=O)C12CC3CC(CC(C3)C1)C2)C(=O)N[C@@H]1CCOc2ccccc21. The summed E-state index contributed by atoms with van der Waals surface area (Å²) in [5, 5.41) is 6.41. The van der Waals surface area contributed by atoms with E-state index in [1.54, 1.807) is 0 Å². The second-order valence-electron chi connectivity index (χ2n) is 10.6. The second kappa shape index (κ2) is 7.58. The van der Waals surface area contributed by atoms with Crippen molar-refractivity contribution in [2.45, 2.75) is 70.9 Å². The summed E-state index contributed by atoms with van der Waals surface area (Å²) in [5.74, 6) is 3.07. The molecule has 0 unspecified atom stereocenters. The minimum atomic E-state index is -0.500. The first-order chi connectivity index (χ1) is 14.4. The molecule has 2 atom stereocenters. The Bertz CT molecular complexity index is 798. The number of hydrogen-bond donors (Lipinski definition) is 2. The molecule has 2 N–H and O–H groups in total. The van der Waals surface area contributed by atoms with E-state index >= 15 is 0 Å². The Hall–Kier alpha value is -2.04. The Kier molecular flexibility index (Phi) is 5.03. The molecule has 0 radical (unpaired) electrons. The van der Waals surface area contributed by atoms with Crippen LogP contribution in [0.25, 0.3) is 0 Å². The van der Waals surface area contributed by atoms with Crippen LogP contribution in [-0.2, 0) is 9.59 Å². The van der Waals surface area contributed by atoms with E-state index in [9.17, 15) is 9.59 Å². The van der Waals surface area contributed by atoms with E-state index in [2.05, 4.69) is 10.6 Å². The molecule has 2 amide bonds. The first kappa shape index (κ1) is 19.9. The van der Waals surface area contributed by atoms with Crippen LogP contribution >= 0.6 is 0 Å². The molecule has 0 saturated heterocycles. The highest BCUT2D eigenvalue weighted by atomic mass is 16.5. The van der Waals surface area contributed by atoms with Crippen LogP contribution < -0.4 is 15.4 Å². The molecular weight excluding hydrogens is 376 g/mol.